The van der Waals surface area contributed by atoms with E-state index in [4.69, 9.17) is 0 Å². The fourth-order valence-electron chi connectivity index (χ4n) is 3.42. The van der Waals surface area contributed by atoms with Crippen molar-refractivity contribution in [1.29, 1.82) is 5.26 Å². The van der Waals surface area contributed by atoms with Crippen molar-refractivity contribution in [2.75, 3.05) is 18.4 Å². The lowest BCUT2D eigenvalue weighted by Gasteiger charge is -2.20. The Labute approximate surface area is 158 Å². The Kier molecular flexibility index (Phi) is 5.55. The Balaban J connectivity index is 1.97. The molecule has 140 valence electrons. The third-order valence-electron chi connectivity index (χ3n) is 4.87. The van der Waals surface area contributed by atoms with Crippen molar-refractivity contribution < 1.29 is 9.59 Å². The molecule has 0 radical (unpaired) electrons. The molecule has 1 aromatic carbocycles. The number of nitrogens with one attached hydrogen (secondary N) is 1. The van der Waals surface area contributed by atoms with Crippen molar-refractivity contribution in [2.24, 2.45) is 0 Å². The number of carbonyl (C=O) groups excluding carboxylic acids is 2. The average Bonchev–Trinajstić information content (AvgIpc) is 3.09. The second-order valence-electron chi connectivity index (χ2n) is 6.43. The van der Waals surface area contributed by atoms with Gasteiger partial charge in [0.05, 0.1) is 16.9 Å². The van der Waals surface area contributed by atoms with Crippen LogP contribution in [0.1, 0.15) is 59.1 Å². The number of para-hydroxylation sites is 1. The summed E-state index contributed by atoms with van der Waals surface area (Å²) in [6, 6.07) is 8.89. The molecule has 1 N–H and O–H groups in total. The van der Waals surface area contributed by atoms with Gasteiger partial charge < -0.3 is 14.8 Å². The van der Waals surface area contributed by atoms with Crippen molar-refractivity contribution in [3.8, 4) is 6.07 Å². The second-order valence-corrected chi connectivity index (χ2v) is 6.43. The molecule has 7 nitrogen and oxygen atoms in total. The fourth-order valence-corrected chi connectivity index (χ4v) is 3.42. The number of nitrogens with zero attached hydrogens (tertiary/aromatic N) is 4. The van der Waals surface area contributed by atoms with E-state index in [1.165, 1.54) is 0 Å². The van der Waals surface area contributed by atoms with Crippen LogP contribution in [0.15, 0.2) is 24.3 Å². The van der Waals surface area contributed by atoms with Crippen LogP contribution in [-0.4, -0.2) is 39.4 Å². The topological polar surface area (TPSA) is 91.0 Å². The van der Waals surface area contributed by atoms with Crippen LogP contribution < -0.4 is 5.32 Å². The minimum Gasteiger partial charge on any atom is -0.338 e. The molecule has 2 heterocycles. The predicted octanol–water partition coefficient (Wildman–Crippen LogP) is 2.83. The van der Waals surface area contributed by atoms with Crippen LogP contribution in [-0.2, 0) is 13.0 Å². The molecule has 2 aromatic rings. The number of anilines is 1. The zero-order chi connectivity index (χ0) is 19.4. The minimum atomic E-state index is -0.403. The van der Waals surface area contributed by atoms with Gasteiger partial charge in [-0.3, -0.25) is 9.59 Å². The zero-order valence-electron chi connectivity index (χ0n) is 15.7. The van der Waals surface area contributed by atoms with Gasteiger partial charge >= 0.3 is 0 Å². The summed E-state index contributed by atoms with van der Waals surface area (Å²) in [5.74, 6) is -0.311. The van der Waals surface area contributed by atoms with Gasteiger partial charge in [-0.2, -0.15) is 5.26 Å². The van der Waals surface area contributed by atoms with Gasteiger partial charge in [-0.15, -0.1) is 0 Å². The average molecular weight is 365 g/mol. The van der Waals surface area contributed by atoms with Gasteiger partial charge in [0.25, 0.3) is 11.8 Å². The van der Waals surface area contributed by atoms with E-state index in [-0.39, 0.29) is 11.7 Å². The molecule has 3 rings (SSSR count). The molecule has 27 heavy (non-hydrogen) atoms. The van der Waals surface area contributed by atoms with Gasteiger partial charge in [-0.25, -0.2) is 4.98 Å². The van der Waals surface area contributed by atoms with Crippen LogP contribution in [0.5, 0.6) is 0 Å². The lowest BCUT2D eigenvalue weighted by atomic mass is 10.1. The van der Waals surface area contributed by atoms with Crippen LogP contribution >= 0.6 is 0 Å². The maximum atomic E-state index is 12.9. The molecule has 1 aromatic heterocycles. The van der Waals surface area contributed by atoms with Crippen molar-refractivity contribution >= 4 is 17.5 Å². The van der Waals surface area contributed by atoms with Crippen LogP contribution in [0.3, 0.4) is 0 Å². The third kappa shape index (κ3) is 3.56. The number of benzene rings is 1. The smallest absolute Gasteiger partial charge is 0.291 e. The molecule has 1 aliphatic rings. The molecule has 0 saturated carbocycles. The van der Waals surface area contributed by atoms with Crippen LogP contribution in [0, 0.1) is 11.3 Å². The minimum absolute atomic E-state index is 0.137. The molecular weight excluding hydrogens is 342 g/mol. The maximum absolute atomic E-state index is 12.9. The molecule has 1 aliphatic heterocycles. The SMILES string of the molecule is CCN(CC)C(=O)c1nc(C(=O)Nc2ccccc2C#N)n2c1CCCC2. The Morgan fingerprint density at radius 3 is 2.70 bits per heavy atom. The van der Waals surface area contributed by atoms with E-state index < -0.39 is 5.91 Å². The zero-order valence-corrected chi connectivity index (χ0v) is 15.7. The standard InChI is InChI=1S/C20H23N5O2/c1-3-24(4-2)20(27)17-16-11-7-8-12-25(16)18(23-17)19(26)22-15-10-6-5-9-14(15)13-21/h5-6,9-10H,3-4,7-8,11-12H2,1-2H3,(H,22,26). The number of hydrogen-bond donors (Lipinski definition) is 1. The molecule has 7 heteroatoms. The van der Waals surface area contributed by atoms with E-state index in [0.717, 1.165) is 25.0 Å². The first kappa shape index (κ1) is 18.6. The maximum Gasteiger partial charge on any atom is 0.291 e. The molecular formula is C20H23N5O2. The van der Waals surface area contributed by atoms with E-state index in [1.54, 1.807) is 29.2 Å². The quantitative estimate of drug-likeness (QED) is 0.882. The van der Waals surface area contributed by atoms with Gasteiger partial charge in [-0.1, -0.05) is 12.1 Å². The summed E-state index contributed by atoms with van der Waals surface area (Å²) in [4.78, 5) is 31.9. The Morgan fingerprint density at radius 2 is 2.00 bits per heavy atom. The van der Waals surface area contributed by atoms with Crippen molar-refractivity contribution in [2.45, 2.75) is 39.7 Å². The number of rotatable bonds is 5. The van der Waals surface area contributed by atoms with E-state index in [0.29, 0.717) is 36.6 Å². The van der Waals surface area contributed by atoms with Gasteiger partial charge in [0.2, 0.25) is 0 Å². The Bertz CT molecular complexity index is 906. The molecule has 0 aliphatic carbocycles. The van der Waals surface area contributed by atoms with Gasteiger partial charge in [0, 0.05) is 19.6 Å². The molecule has 0 saturated heterocycles. The van der Waals surface area contributed by atoms with Crippen molar-refractivity contribution in [3.05, 3.63) is 47.0 Å². The highest BCUT2D eigenvalue weighted by Crippen LogP contribution is 2.23. The number of imidazole rings is 1. The molecule has 0 bridgehead atoms. The number of nitriles is 1. The molecule has 2 amide bonds. The summed E-state index contributed by atoms with van der Waals surface area (Å²) in [7, 11) is 0. The molecule has 0 unspecified atom stereocenters. The van der Waals surface area contributed by atoms with E-state index in [2.05, 4.69) is 16.4 Å². The molecule has 0 atom stereocenters. The third-order valence-corrected chi connectivity index (χ3v) is 4.87. The Morgan fingerprint density at radius 1 is 1.26 bits per heavy atom. The van der Waals surface area contributed by atoms with Crippen molar-refractivity contribution in [1.82, 2.24) is 14.5 Å². The first-order valence-corrected chi connectivity index (χ1v) is 9.29. The fraction of sp³-hybridized carbons (Fsp3) is 0.400. The normalized spacial score (nSPS) is 12.8. The van der Waals surface area contributed by atoms with Crippen molar-refractivity contribution in [3.63, 3.8) is 0 Å². The largest absolute Gasteiger partial charge is 0.338 e. The summed E-state index contributed by atoms with van der Waals surface area (Å²) < 4.78 is 1.85. The lowest BCUT2D eigenvalue weighted by Crippen LogP contribution is -2.31. The predicted molar refractivity (Wildman–Crippen MR) is 102 cm³/mol. The summed E-state index contributed by atoms with van der Waals surface area (Å²) >= 11 is 0. The van der Waals surface area contributed by atoms with Gasteiger partial charge in [0.1, 0.15) is 11.8 Å². The van der Waals surface area contributed by atoms with Gasteiger partial charge in [-0.05, 0) is 45.2 Å². The second kappa shape index (κ2) is 8.04. The first-order valence-electron chi connectivity index (χ1n) is 9.29. The first-order chi connectivity index (χ1) is 13.1. The van der Waals surface area contributed by atoms with Crippen LogP contribution in [0.2, 0.25) is 0 Å². The number of fused-ring (bicyclic) bond motifs is 1. The summed E-state index contributed by atoms with van der Waals surface area (Å²) in [5.41, 5.74) is 2.03. The summed E-state index contributed by atoms with van der Waals surface area (Å²) in [6.07, 6.45) is 2.65. The summed E-state index contributed by atoms with van der Waals surface area (Å²) in [5, 5.41) is 12.0. The highest BCUT2D eigenvalue weighted by atomic mass is 16.2. The van der Waals surface area contributed by atoms with Crippen LogP contribution in [0.25, 0.3) is 0 Å². The number of amides is 2. The highest BCUT2D eigenvalue weighted by Gasteiger charge is 2.29. The monoisotopic (exact) mass is 365 g/mol. The van der Waals surface area contributed by atoms with E-state index in [1.807, 2.05) is 18.4 Å². The summed E-state index contributed by atoms with van der Waals surface area (Å²) in [6.45, 7) is 5.71. The molecule has 0 spiro atoms. The number of aromatic nitrogens is 2. The lowest BCUT2D eigenvalue weighted by molar-refractivity contribution is 0.0766. The Hall–Kier alpha value is -3.14. The number of hydrogen-bond acceptors (Lipinski definition) is 4. The van der Waals surface area contributed by atoms with E-state index >= 15 is 0 Å². The van der Waals surface area contributed by atoms with Crippen LogP contribution in [0.4, 0.5) is 5.69 Å². The number of carbonyl (C=O) groups is 2. The molecule has 0 fully saturated rings. The van der Waals surface area contributed by atoms with Gasteiger partial charge in [0.15, 0.2) is 5.82 Å². The van der Waals surface area contributed by atoms with E-state index in [9.17, 15) is 14.9 Å². The highest BCUT2D eigenvalue weighted by molar-refractivity contribution is 6.04.